The van der Waals surface area contributed by atoms with Gasteiger partial charge in [0.2, 0.25) is 5.91 Å². The van der Waals surface area contributed by atoms with Crippen molar-refractivity contribution in [3.05, 3.63) is 73.2 Å². The van der Waals surface area contributed by atoms with Gasteiger partial charge in [-0.15, -0.1) is 0 Å². The molecule has 7 rings (SSSR count). The molecule has 1 aromatic carbocycles. The van der Waals surface area contributed by atoms with Crippen molar-refractivity contribution in [1.29, 1.82) is 0 Å². The second kappa shape index (κ2) is 9.96. The summed E-state index contributed by atoms with van der Waals surface area (Å²) >= 11 is 0. The summed E-state index contributed by atoms with van der Waals surface area (Å²) in [5.74, 6) is 0.287. The summed E-state index contributed by atoms with van der Waals surface area (Å²) in [5, 5.41) is 11.4. The van der Waals surface area contributed by atoms with Crippen LogP contribution in [0.25, 0.3) is 55.8 Å². The summed E-state index contributed by atoms with van der Waals surface area (Å²) in [5.41, 5.74) is 5.74. The Morgan fingerprint density at radius 1 is 0.925 bits per heavy atom. The number of carbonyl (C=O) groups excluding carboxylic acids is 1. The lowest BCUT2D eigenvalue weighted by atomic mass is 9.88. The second-order valence-corrected chi connectivity index (χ2v) is 10.1. The van der Waals surface area contributed by atoms with Crippen LogP contribution in [0.2, 0.25) is 0 Å². The Labute approximate surface area is 228 Å². The minimum atomic E-state index is -0.340. The number of aromatic nitrogens is 7. The molecule has 6 aromatic rings. The second-order valence-electron chi connectivity index (χ2n) is 10.1. The van der Waals surface area contributed by atoms with Gasteiger partial charge in [-0.3, -0.25) is 24.8 Å². The fourth-order valence-corrected chi connectivity index (χ4v) is 5.43. The van der Waals surface area contributed by atoms with Crippen LogP contribution in [-0.2, 0) is 4.79 Å². The van der Waals surface area contributed by atoms with Crippen molar-refractivity contribution in [3.8, 4) is 33.9 Å². The van der Waals surface area contributed by atoms with Crippen molar-refractivity contribution < 1.29 is 9.18 Å². The maximum Gasteiger partial charge on any atom is 0.227 e. The number of anilines is 1. The molecule has 0 unspecified atom stereocenters. The minimum Gasteiger partial charge on any atom is -0.335 e. The number of rotatable bonds is 5. The number of benzene rings is 1. The smallest absolute Gasteiger partial charge is 0.227 e. The highest BCUT2D eigenvalue weighted by Gasteiger charge is 2.22. The zero-order chi connectivity index (χ0) is 27.1. The van der Waals surface area contributed by atoms with E-state index in [9.17, 15) is 9.18 Å². The number of pyridine rings is 3. The Balaban J connectivity index is 1.23. The van der Waals surface area contributed by atoms with Gasteiger partial charge in [0.05, 0.1) is 41.0 Å². The Kier molecular flexibility index (Phi) is 5.99. The molecule has 5 aromatic heterocycles. The van der Waals surface area contributed by atoms with Gasteiger partial charge in [-0.05, 0) is 31.0 Å². The highest BCUT2D eigenvalue weighted by molar-refractivity contribution is 5.98. The van der Waals surface area contributed by atoms with E-state index in [1.54, 1.807) is 49.2 Å². The molecule has 0 atom stereocenters. The average Bonchev–Trinajstić information content (AvgIpc) is 3.62. The maximum absolute atomic E-state index is 14.6. The van der Waals surface area contributed by atoms with Crippen molar-refractivity contribution in [2.45, 2.75) is 32.1 Å². The van der Waals surface area contributed by atoms with Crippen LogP contribution in [0.5, 0.6) is 0 Å². The van der Waals surface area contributed by atoms with Gasteiger partial charge in [-0.1, -0.05) is 37.5 Å². The van der Waals surface area contributed by atoms with Crippen molar-refractivity contribution in [2.24, 2.45) is 5.92 Å². The third kappa shape index (κ3) is 4.37. The van der Waals surface area contributed by atoms with Crippen LogP contribution in [0.3, 0.4) is 0 Å². The zero-order valence-electron chi connectivity index (χ0n) is 21.5. The molecule has 9 nitrogen and oxygen atoms in total. The predicted octanol–water partition coefficient (Wildman–Crippen LogP) is 6.28. The summed E-state index contributed by atoms with van der Waals surface area (Å²) in [4.78, 5) is 34.1. The molecule has 0 aliphatic heterocycles. The van der Waals surface area contributed by atoms with Crippen LogP contribution in [0.4, 0.5) is 10.1 Å². The standard InChI is InChI=1S/C30H25FN8O/c31-23-9-5-4-8-20(23)22-14-33-15-26-27(22)37-29(36-26)28-21-11-24(34-16-25(21)38-39-28)18-10-19(13-32-12-18)35-30(40)17-6-2-1-3-7-17/h4-5,8-17H,1-3,6-7H2,(H,35,40)(H,36,37)(H,38,39). The summed E-state index contributed by atoms with van der Waals surface area (Å²) < 4.78 is 14.6. The summed E-state index contributed by atoms with van der Waals surface area (Å²) in [7, 11) is 0. The van der Waals surface area contributed by atoms with E-state index in [0.29, 0.717) is 45.1 Å². The van der Waals surface area contributed by atoms with Crippen LogP contribution in [0.15, 0.2) is 67.4 Å². The number of nitrogens with zero attached hydrogens (tertiary/aromatic N) is 5. The minimum absolute atomic E-state index is 0.0494. The van der Waals surface area contributed by atoms with Crippen molar-refractivity contribution in [3.63, 3.8) is 0 Å². The molecule has 1 fully saturated rings. The molecule has 198 valence electrons. The van der Waals surface area contributed by atoms with Gasteiger partial charge in [0.15, 0.2) is 5.82 Å². The van der Waals surface area contributed by atoms with Crippen LogP contribution in [0.1, 0.15) is 32.1 Å². The number of halogens is 1. The summed E-state index contributed by atoms with van der Waals surface area (Å²) in [6.45, 7) is 0. The number of hydrogen-bond acceptors (Lipinski definition) is 6. The Hall–Kier alpha value is -4.99. The van der Waals surface area contributed by atoms with E-state index in [2.05, 4.69) is 35.5 Å². The lowest BCUT2D eigenvalue weighted by Crippen LogP contribution is -2.24. The van der Waals surface area contributed by atoms with E-state index in [1.807, 2.05) is 12.1 Å². The Bertz CT molecular complexity index is 1870. The molecule has 1 saturated carbocycles. The molecule has 1 aliphatic carbocycles. The summed E-state index contributed by atoms with van der Waals surface area (Å²) in [6, 6.07) is 10.4. The third-order valence-corrected chi connectivity index (χ3v) is 7.51. The van der Waals surface area contributed by atoms with Crippen LogP contribution in [0, 0.1) is 11.7 Å². The van der Waals surface area contributed by atoms with E-state index < -0.39 is 0 Å². The van der Waals surface area contributed by atoms with Crippen LogP contribution >= 0.6 is 0 Å². The van der Waals surface area contributed by atoms with Gasteiger partial charge in [0, 0.05) is 40.4 Å². The number of hydrogen-bond donors (Lipinski definition) is 3. The van der Waals surface area contributed by atoms with Gasteiger partial charge >= 0.3 is 0 Å². The first kappa shape index (κ1) is 24.1. The molecule has 0 bridgehead atoms. The van der Waals surface area contributed by atoms with E-state index in [0.717, 1.165) is 42.1 Å². The lowest BCUT2D eigenvalue weighted by molar-refractivity contribution is -0.120. The molecule has 1 amide bonds. The van der Waals surface area contributed by atoms with E-state index in [-0.39, 0.29) is 17.6 Å². The Morgan fingerprint density at radius 3 is 2.65 bits per heavy atom. The number of nitrogens with one attached hydrogen (secondary N) is 3. The summed E-state index contributed by atoms with van der Waals surface area (Å²) in [6.07, 6.45) is 13.6. The first-order valence-electron chi connectivity index (χ1n) is 13.3. The molecule has 10 heteroatoms. The number of H-pyrrole nitrogens is 2. The quantitative estimate of drug-likeness (QED) is 0.240. The molecule has 0 spiro atoms. The molecule has 3 N–H and O–H groups in total. The van der Waals surface area contributed by atoms with Gasteiger partial charge in [-0.25, -0.2) is 9.37 Å². The van der Waals surface area contributed by atoms with Gasteiger partial charge in [-0.2, -0.15) is 5.10 Å². The number of carbonyl (C=O) groups is 1. The molecule has 0 radical (unpaired) electrons. The molecular formula is C30H25FN8O. The number of fused-ring (bicyclic) bond motifs is 2. The number of imidazole rings is 1. The van der Waals surface area contributed by atoms with E-state index >= 15 is 0 Å². The number of amides is 1. The average molecular weight is 533 g/mol. The van der Waals surface area contributed by atoms with Crippen LogP contribution in [-0.4, -0.2) is 41.0 Å². The van der Waals surface area contributed by atoms with Crippen LogP contribution < -0.4 is 5.32 Å². The monoisotopic (exact) mass is 532 g/mol. The number of aromatic amines is 2. The highest BCUT2D eigenvalue weighted by atomic mass is 19.1. The normalized spacial score (nSPS) is 14.1. The molecular weight excluding hydrogens is 507 g/mol. The van der Waals surface area contributed by atoms with Crippen molar-refractivity contribution in [2.75, 3.05) is 5.32 Å². The highest BCUT2D eigenvalue weighted by Crippen LogP contribution is 2.33. The first-order valence-corrected chi connectivity index (χ1v) is 13.3. The fraction of sp³-hybridized carbons (Fsp3) is 0.200. The topological polar surface area (TPSA) is 125 Å². The largest absolute Gasteiger partial charge is 0.335 e. The van der Waals surface area contributed by atoms with Crippen molar-refractivity contribution >= 4 is 33.5 Å². The molecule has 40 heavy (non-hydrogen) atoms. The molecule has 0 saturated heterocycles. The van der Waals surface area contributed by atoms with Gasteiger partial charge in [0.25, 0.3) is 0 Å². The third-order valence-electron chi connectivity index (χ3n) is 7.51. The maximum atomic E-state index is 14.6. The van der Waals surface area contributed by atoms with E-state index in [1.165, 1.54) is 12.5 Å². The van der Waals surface area contributed by atoms with Gasteiger partial charge in [0.1, 0.15) is 17.0 Å². The lowest BCUT2D eigenvalue weighted by Gasteiger charge is -2.20. The first-order chi connectivity index (χ1) is 19.6. The fourth-order valence-electron chi connectivity index (χ4n) is 5.43. The molecule has 5 heterocycles. The SMILES string of the molecule is O=C(Nc1cncc(-c2cc3c(-c4nc5c(-c6ccccc6F)cncc5[nH]4)n[nH]c3cn2)c1)C1CCCCC1. The van der Waals surface area contributed by atoms with Gasteiger partial charge < -0.3 is 10.3 Å². The predicted molar refractivity (Wildman–Crippen MR) is 151 cm³/mol. The van der Waals surface area contributed by atoms with E-state index in [4.69, 9.17) is 4.98 Å². The zero-order valence-corrected chi connectivity index (χ0v) is 21.5. The molecule has 1 aliphatic rings. The Morgan fingerprint density at radius 2 is 1.77 bits per heavy atom. The van der Waals surface area contributed by atoms with Crippen molar-refractivity contribution in [1.82, 2.24) is 35.1 Å².